The van der Waals surface area contributed by atoms with Gasteiger partial charge in [-0.3, -0.25) is 0 Å². The van der Waals surface area contributed by atoms with Crippen LogP contribution in [0.4, 0.5) is 35.1 Å². The van der Waals surface area contributed by atoms with Gasteiger partial charge in [0, 0.05) is 24.7 Å². The number of piperazine rings is 1. The Kier molecular flexibility index (Phi) is 8.50. The highest BCUT2D eigenvalue weighted by Crippen LogP contribution is 2.35. The van der Waals surface area contributed by atoms with Gasteiger partial charge >= 0.3 is 12.1 Å². The number of halogens is 9. The van der Waals surface area contributed by atoms with Gasteiger partial charge in [0.2, 0.25) is 15.8 Å². The van der Waals surface area contributed by atoms with Crippen LogP contribution in [0.2, 0.25) is 5.02 Å². The monoisotopic (exact) mass is 540 g/mol. The third kappa shape index (κ3) is 5.59. The maximum absolute atomic E-state index is 14.1. The van der Waals surface area contributed by atoms with E-state index in [0.717, 1.165) is 0 Å². The lowest BCUT2D eigenvalue weighted by atomic mass is 10.1. The third-order valence-corrected chi connectivity index (χ3v) is 6.71. The van der Waals surface area contributed by atoms with Gasteiger partial charge < -0.3 is 10.4 Å². The molecule has 1 unspecified atom stereocenters. The number of sulfonamides is 1. The molecule has 3 rings (SSSR count). The van der Waals surface area contributed by atoms with Crippen molar-refractivity contribution in [1.29, 1.82) is 0 Å². The first-order valence-electron chi connectivity index (χ1n) is 8.90. The largest absolute Gasteiger partial charge is 0.490 e. The molecule has 0 spiro atoms. The molecule has 16 heteroatoms. The number of nitrogens with zero attached hydrogens (tertiary/aromatic N) is 1. The van der Waals surface area contributed by atoms with Crippen LogP contribution < -0.4 is 5.32 Å². The van der Waals surface area contributed by atoms with Crippen LogP contribution in [0.5, 0.6) is 0 Å². The van der Waals surface area contributed by atoms with Crippen LogP contribution in [0, 0.1) is 29.1 Å². The van der Waals surface area contributed by atoms with Gasteiger partial charge in [-0.25, -0.2) is 35.2 Å². The first-order valence-corrected chi connectivity index (χ1v) is 10.7. The van der Waals surface area contributed by atoms with E-state index >= 15 is 0 Å². The molecule has 1 atom stereocenters. The van der Waals surface area contributed by atoms with E-state index in [1.165, 1.54) is 12.1 Å². The summed E-state index contributed by atoms with van der Waals surface area (Å²) in [6.45, 7) is -0.0916. The zero-order valence-corrected chi connectivity index (χ0v) is 18.0. The lowest BCUT2D eigenvalue weighted by molar-refractivity contribution is -0.192. The van der Waals surface area contributed by atoms with Crippen molar-refractivity contribution in [2.75, 3.05) is 19.6 Å². The van der Waals surface area contributed by atoms with Crippen molar-refractivity contribution >= 4 is 27.6 Å². The summed E-state index contributed by atoms with van der Waals surface area (Å²) in [6.07, 6.45) is -5.08. The van der Waals surface area contributed by atoms with Gasteiger partial charge in [0.25, 0.3) is 0 Å². The molecule has 2 N–H and O–H groups in total. The summed E-state index contributed by atoms with van der Waals surface area (Å²) in [6, 6.07) is 5.20. The molecular formula is C18H13ClF8N2O4S. The number of hydrogen-bond donors (Lipinski definition) is 2. The van der Waals surface area contributed by atoms with E-state index < -0.39 is 62.2 Å². The molecule has 0 aromatic heterocycles. The molecule has 0 amide bonds. The fourth-order valence-corrected chi connectivity index (χ4v) is 4.90. The molecule has 0 aliphatic carbocycles. The maximum atomic E-state index is 14.1. The van der Waals surface area contributed by atoms with Gasteiger partial charge in [-0.05, 0) is 11.6 Å². The summed E-state index contributed by atoms with van der Waals surface area (Å²) >= 11 is 6.09. The van der Waals surface area contributed by atoms with Crippen LogP contribution in [0.25, 0.3) is 0 Å². The Morgan fingerprint density at radius 3 is 1.94 bits per heavy atom. The summed E-state index contributed by atoms with van der Waals surface area (Å²) in [4.78, 5) is 7.02. The highest BCUT2D eigenvalue weighted by Gasteiger charge is 2.41. The second-order valence-electron chi connectivity index (χ2n) is 6.56. The van der Waals surface area contributed by atoms with Crippen LogP contribution in [-0.2, 0) is 14.8 Å². The van der Waals surface area contributed by atoms with Gasteiger partial charge in [0.15, 0.2) is 28.2 Å². The van der Waals surface area contributed by atoms with E-state index in [0.29, 0.717) is 9.87 Å². The molecule has 0 radical (unpaired) electrons. The van der Waals surface area contributed by atoms with Crippen molar-refractivity contribution in [2.45, 2.75) is 17.1 Å². The molecule has 188 valence electrons. The zero-order chi connectivity index (χ0) is 26.0. The smallest absolute Gasteiger partial charge is 0.475 e. The number of benzene rings is 2. The minimum Gasteiger partial charge on any atom is -0.475 e. The Morgan fingerprint density at radius 1 is 1.00 bits per heavy atom. The van der Waals surface area contributed by atoms with Crippen LogP contribution in [0.3, 0.4) is 0 Å². The van der Waals surface area contributed by atoms with Crippen molar-refractivity contribution in [3.05, 3.63) is 63.9 Å². The number of aliphatic carboxylic acids is 1. The van der Waals surface area contributed by atoms with E-state index in [9.17, 15) is 43.5 Å². The number of alkyl halides is 3. The first-order chi connectivity index (χ1) is 15.6. The molecule has 0 saturated carbocycles. The molecule has 0 bridgehead atoms. The second-order valence-corrected chi connectivity index (χ2v) is 8.79. The van der Waals surface area contributed by atoms with Crippen LogP contribution in [0.15, 0.2) is 29.2 Å². The number of hydrogen-bond acceptors (Lipinski definition) is 4. The number of carbonyl (C=O) groups is 1. The Balaban J connectivity index is 0.000000509. The van der Waals surface area contributed by atoms with Crippen molar-refractivity contribution in [1.82, 2.24) is 9.62 Å². The lowest BCUT2D eigenvalue weighted by Crippen LogP contribution is -2.49. The van der Waals surface area contributed by atoms with Gasteiger partial charge in [-0.2, -0.15) is 17.5 Å². The molecular weight excluding hydrogens is 528 g/mol. The Morgan fingerprint density at radius 2 is 1.47 bits per heavy atom. The van der Waals surface area contributed by atoms with Crippen molar-refractivity contribution in [3.63, 3.8) is 0 Å². The SMILES string of the molecule is O=C(O)C(F)(F)F.O=S(=O)(c1c(F)c(F)c(F)c(F)c1F)N1CCNCC1c1ccccc1Cl. The molecule has 1 fully saturated rings. The highest BCUT2D eigenvalue weighted by molar-refractivity contribution is 7.89. The van der Waals surface area contributed by atoms with Crippen LogP contribution in [-0.4, -0.2) is 49.6 Å². The topological polar surface area (TPSA) is 86.7 Å². The quantitative estimate of drug-likeness (QED) is 0.349. The molecule has 6 nitrogen and oxygen atoms in total. The zero-order valence-electron chi connectivity index (χ0n) is 16.4. The first kappa shape index (κ1) is 27.8. The molecule has 2 aromatic carbocycles. The summed E-state index contributed by atoms with van der Waals surface area (Å²) in [5, 5.41) is 10.2. The number of carboxylic acid groups (broad SMARTS) is 1. The normalized spacial score (nSPS) is 17.1. The summed E-state index contributed by atoms with van der Waals surface area (Å²) in [5.74, 6) is -14.6. The fraction of sp³-hybridized carbons (Fsp3) is 0.278. The van der Waals surface area contributed by atoms with Crippen LogP contribution in [0.1, 0.15) is 11.6 Å². The Labute approximate surface area is 191 Å². The van der Waals surface area contributed by atoms with Gasteiger partial charge in [0.05, 0.1) is 6.04 Å². The van der Waals surface area contributed by atoms with Crippen molar-refractivity contribution in [3.8, 4) is 0 Å². The number of carboxylic acids is 1. The molecule has 2 aromatic rings. The Bertz CT molecular complexity index is 1160. The second kappa shape index (κ2) is 10.4. The molecule has 34 heavy (non-hydrogen) atoms. The number of nitrogens with one attached hydrogen (secondary N) is 1. The van der Waals surface area contributed by atoms with E-state index in [4.69, 9.17) is 21.5 Å². The third-order valence-electron chi connectivity index (χ3n) is 4.44. The highest BCUT2D eigenvalue weighted by atomic mass is 35.5. The molecule has 1 aliphatic rings. The van der Waals surface area contributed by atoms with Crippen molar-refractivity contribution in [2.24, 2.45) is 0 Å². The van der Waals surface area contributed by atoms with Gasteiger partial charge in [0.1, 0.15) is 0 Å². The van der Waals surface area contributed by atoms with E-state index in [1.54, 1.807) is 12.1 Å². The lowest BCUT2D eigenvalue weighted by Gasteiger charge is -2.36. The summed E-state index contributed by atoms with van der Waals surface area (Å²) in [5.41, 5.74) is 0.332. The molecule has 1 aliphatic heterocycles. The minimum absolute atomic E-state index is 0.0400. The van der Waals surface area contributed by atoms with Crippen molar-refractivity contribution < 1.29 is 53.4 Å². The standard InChI is InChI=1S/C16H12ClF5N2O2S.C2HF3O2/c17-9-4-2-1-3-8(9)10-7-23-5-6-24(10)27(25,26)16-14(21)12(19)11(18)13(20)15(16)22;3-2(4,5)1(6)7/h1-4,10,23H,5-7H2;(H,6,7). The van der Waals surface area contributed by atoms with E-state index in [-0.39, 0.29) is 24.7 Å². The Hall–Kier alpha value is -2.49. The predicted octanol–water partition coefficient (Wildman–Crippen LogP) is 4.00. The minimum atomic E-state index is -5.08. The summed E-state index contributed by atoms with van der Waals surface area (Å²) < 4.78 is 127. The van der Waals surface area contributed by atoms with E-state index in [2.05, 4.69) is 5.32 Å². The molecule has 1 heterocycles. The van der Waals surface area contributed by atoms with Crippen LogP contribution >= 0.6 is 11.6 Å². The van der Waals surface area contributed by atoms with E-state index in [1.807, 2.05) is 0 Å². The number of rotatable bonds is 3. The maximum Gasteiger partial charge on any atom is 0.490 e. The van der Waals surface area contributed by atoms with Gasteiger partial charge in [-0.1, -0.05) is 29.8 Å². The molecule has 1 saturated heterocycles. The summed E-state index contributed by atoms with van der Waals surface area (Å²) in [7, 11) is -5.06. The van der Waals surface area contributed by atoms with Gasteiger partial charge in [-0.15, -0.1) is 0 Å². The predicted molar refractivity (Wildman–Crippen MR) is 101 cm³/mol. The average molecular weight is 541 g/mol. The fourth-order valence-electron chi connectivity index (χ4n) is 2.91. The average Bonchev–Trinajstić information content (AvgIpc) is 2.76.